The van der Waals surface area contributed by atoms with Crippen molar-refractivity contribution in [3.8, 4) is 0 Å². The first-order valence-electron chi connectivity index (χ1n) is 26.6. The number of alkyl halides is 5. The third kappa shape index (κ3) is 60.9. The molecule has 3 unspecified atom stereocenters. The van der Waals surface area contributed by atoms with Gasteiger partial charge in [0.15, 0.2) is 5.56 Å². The SMILES string of the molecule is CCOC(=O)CSP(=S)(OCC)OCC.CCOP(=O)(OCC)SCCN(CC)CC.CCOP(=O)(SC(C)CC)SC(C)CC.CCOP(=S)(OCC)OC(Cl)C(Cl)(Cl)Cl.CCOP(=S)(OCC)SCCl.COP(=S)(OC)OCCSC. The largest absolute Gasteiger partial charge is 0.465 e. The maximum absolute atomic E-state index is 12.5. The van der Waals surface area contributed by atoms with E-state index in [1.807, 2.05) is 54.7 Å². The van der Waals surface area contributed by atoms with E-state index in [0.29, 0.717) is 88.4 Å². The number of carbonyl (C=O) groups excluding carboxylic acids is 1. The lowest BCUT2D eigenvalue weighted by Gasteiger charge is -2.26. The van der Waals surface area contributed by atoms with Crippen molar-refractivity contribution in [2.24, 2.45) is 0 Å². The van der Waals surface area contributed by atoms with E-state index in [1.54, 1.807) is 32.5 Å². The Hall–Kier alpha value is 5.52. The number of ether oxygens (including phenoxy) is 1. The van der Waals surface area contributed by atoms with Crippen LogP contribution >= 0.6 is 164 Å². The number of rotatable bonds is 44. The molecule has 0 aromatic heterocycles. The fourth-order valence-electron chi connectivity index (χ4n) is 4.33. The smallest absolute Gasteiger partial charge is 0.389 e. The highest BCUT2D eigenvalue weighted by atomic mass is 35.6. The quantitative estimate of drug-likeness (QED) is 0.0243. The van der Waals surface area contributed by atoms with Crippen LogP contribution < -0.4 is 0 Å². The number of esters is 1. The van der Waals surface area contributed by atoms with Gasteiger partial charge in [0.2, 0.25) is 15.2 Å². The molecular weight excluding hydrogens is 1500 g/mol. The molecule has 3 atom stereocenters. The molecule has 0 rings (SSSR count). The maximum atomic E-state index is 12.5. The summed E-state index contributed by atoms with van der Waals surface area (Å²) in [6, 6.07) is 0. The molecule has 0 aromatic carbocycles. The van der Waals surface area contributed by atoms with Gasteiger partial charge in [0.05, 0.1) is 77.9 Å². The van der Waals surface area contributed by atoms with Crippen molar-refractivity contribution in [1.82, 2.24) is 4.90 Å². The Kier molecular flexibility index (Phi) is 74.8. The molecule has 0 fully saturated rings. The van der Waals surface area contributed by atoms with E-state index in [2.05, 4.69) is 46.4 Å². The molecule has 83 heavy (non-hydrogen) atoms. The second kappa shape index (κ2) is 62.3. The van der Waals surface area contributed by atoms with Crippen molar-refractivity contribution >= 4 is 217 Å². The lowest BCUT2D eigenvalue weighted by molar-refractivity contribution is -0.139. The molecule has 0 saturated carbocycles. The van der Waals surface area contributed by atoms with Gasteiger partial charge in [-0.15, -0.1) is 11.6 Å². The van der Waals surface area contributed by atoms with Gasteiger partial charge < -0.3 is 63.9 Å². The average Bonchev–Trinajstić information content (AvgIpc) is 3.40. The van der Waals surface area contributed by atoms with Crippen LogP contribution in [0.2, 0.25) is 0 Å². The first-order valence-corrected chi connectivity index (χ1v) is 51.4. The minimum absolute atomic E-state index is 0.186. The average molecular weight is 1600 g/mol. The zero-order valence-corrected chi connectivity index (χ0v) is 69.2. The van der Waals surface area contributed by atoms with Gasteiger partial charge in [0, 0.05) is 42.8 Å². The molecule has 0 amide bonds. The molecule has 0 aliphatic heterocycles. The lowest BCUT2D eigenvalue weighted by Crippen LogP contribution is -2.25. The highest BCUT2D eigenvalue weighted by molar-refractivity contribution is 8.89. The standard InChI is InChI=1S/C10H24NO3PS.C10H23O2PS2.C8H17O4PS2.C6H11Cl4O3PS.C5H12ClO2PS2.C5H13O3PS2/c1-5-11(6-2)9-10-16-15(12,13-7-3)14-8-4;1-6-9(4)14-13(11,12-8-3)15-10(5)7-2;1-4-10-8(9)7-15-13(14,11-5-2)12-6-3;1-3-11-14(15,12-4-2)13-5(7)6(8,9)10;1-3-7-9(10,8-4-2)11-5-6;1-6-9(10,7-2)8-4-5-11-3/h5-10H2,1-4H3;9-10H,6-8H2,1-5H3;4-7H2,1-3H3;5H,3-4H2,1-2H3;3-5H2,1-2H3;4-5H2,1-3H3. The van der Waals surface area contributed by atoms with E-state index in [9.17, 15) is 13.9 Å². The normalized spacial score (nSPS) is 13.9. The molecule has 0 aliphatic rings. The van der Waals surface area contributed by atoms with E-state index in [0.717, 1.165) is 44.0 Å². The van der Waals surface area contributed by atoms with Crippen molar-refractivity contribution in [3.05, 3.63) is 0 Å². The molecular formula is C44H100Cl5NO17P6S10. The van der Waals surface area contributed by atoms with Gasteiger partial charge in [0.1, 0.15) is 5.75 Å². The summed E-state index contributed by atoms with van der Waals surface area (Å²) in [5, 5.41) is 1.23. The fraction of sp³-hybridized carbons (Fsp3) is 0.977. The summed E-state index contributed by atoms with van der Waals surface area (Å²) in [6.07, 6.45) is 4.07. The third-order valence-electron chi connectivity index (χ3n) is 8.22. The van der Waals surface area contributed by atoms with Gasteiger partial charge >= 0.3 is 32.0 Å². The van der Waals surface area contributed by atoms with Crippen LogP contribution in [0, 0.1) is 0 Å². The van der Waals surface area contributed by atoms with Gasteiger partial charge in [-0.2, -0.15) is 11.8 Å². The molecule has 0 heterocycles. The Morgan fingerprint density at radius 3 is 1.27 bits per heavy atom. The summed E-state index contributed by atoms with van der Waals surface area (Å²) in [5.74, 6) is -0.942. The number of nitrogens with zero attached hydrogens (tertiary/aromatic N) is 1. The van der Waals surface area contributed by atoms with Crippen LogP contribution in [-0.2, 0) is 125 Å². The predicted octanol–water partition coefficient (Wildman–Crippen LogP) is 20.3. The van der Waals surface area contributed by atoms with E-state index in [1.165, 1.54) is 71.1 Å². The first kappa shape index (κ1) is 99.6. The van der Waals surface area contributed by atoms with Crippen LogP contribution in [0.1, 0.15) is 124 Å². The van der Waals surface area contributed by atoms with E-state index in [-0.39, 0.29) is 11.7 Å². The molecule has 0 bridgehead atoms. The topological polar surface area (TPSA) is 184 Å². The molecule has 0 radical (unpaired) electrons. The van der Waals surface area contributed by atoms with Gasteiger partial charge in [-0.3, -0.25) is 13.9 Å². The highest BCUT2D eigenvalue weighted by Gasteiger charge is 2.37. The monoisotopic (exact) mass is 1600 g/mol. The van der Waals surface area contributed by atoms with Crippen molar-refractivity contribution in [3.63, 3.8) is 0 Å². The summed E-state index contributed by atoms with van der Waals surface area (Å²) in [6.45, 7) is 30.9. The highest BCUT2D eigenvalue weighted by Crippen LogP contribution is 2.72. The fourth-order valence-corrected chi connectivity index (χ4v) is 30.7. The Labute approximate surface area is 572 Å². The molecule has 508 valence electrons. The minimum Gasteiger partial charge on any atom is -0.465 e. The minimum atomic E-state index is -2.92. The number of hydrogen-bond acceptors (Lipinski definition) is 28. The van der Waals surface area contributed by atoms with Crippen LogP contribution in [0.3, 0.4) is 0 Å². The molecule has 0 saturated heterocycles. The number of carbonyl (C=O) groups is 1. The molecule has 18 nitrogen and oxygen atoms in total. The maximum Gasteiger partial charge on any atom is 0.389 e. The van der Waals surface area contributed by atoms with Crippen LogP contribution in [0.4, 0.5) is 0 Å². The third-order valence-corrected chi connectivity index (χ3v) is 39.0. The van der Waals surface area contributed by atoms with Crippen LogP contribution in [0.15, 0.2) is 0 Å². The van der Waals surface area contributed by atoms with Crippen molar-refractivity contribution in [2.75, 3.05) is 135 Å². The van der Waals surface area contributed by atoms with Crippen LogP contribution in [-0.4, -0.2) is 166 Å². The summed E-state index contributed by atoms with van der Waals surface area (Å²) < 4.78 is 95.2. The molecule has 0 N–H and O–H groups in total. The van der Waals surface area contributed by atoms with Crippen LogP contribution in [0.5, 0.6) is 0 Å². The van der Waals surface area contributed by atoms with Crippen molar-refractivity contribution < 1.29 is 77.5 Å². The van der Waals surface area contributed by atoms with Crippen molar-refractivity contribution in [2.45, 2.75) is 143 Å². The number of hydrogen-bond donors (Lipinski definition) is 0. The first-order chi connectivity index (χ1) is 38.8. The number of thioether (sulfide) groups is 1. The molecule has 39 heteroatoms. The summed E-state index contributed by atoms with van der Waals surface area (Å²) in [4.78, 5) is 13.4. The zero-order chi connectivity index (χ0) is 65.7. The number of halogens is 5. The second-order valence-electron chi connectivity index (χ2n) is 14.4. The van der Waals surface area contributed by atoms with Gasteiger partial charge in [-0.1, -0.05) is 133 Å². The molecule has 0 aromatic rings. The second-order valence-corrected chi connectivity index (χ2v) is 49.8. The van der Waals surface area contributed by atoms with E-state index >= 15 is 0 Å². The lowest BCUT2D eigenvalue weighted by atomic mass is 10.4. The van der Waals surface area contributed by atoms with Gasteiger partial charge in [-0.05, 0) is 160 Å². The Bertz CT molecular complexity index is 1750. The predicted molar refractivity (Wildman–Crippen MR) is 389 cm³/mol. The van der Waals surface area contributed by atoms with E-state index < -0.39 is 46.8 Å². The summed E-state index contributed by atoms with van der Waals surface area (Å²) >= 11 is 56.8. The van der Waals surface area contributed by atoms with Crippen molar-refractivity contribution in [1.29, 1.82) is 0 Å². The summed E-state index contributed by atoms with van der Waals surface area (Å²) in [7, 11) is 3.01. The Morgan fingerprint density at radius 2 is 0.952 bits per heavy atom. The van der Waals surface area contributed by atoms with Crippen LogP contribution in [0.25, 0.3) is 0 Å². The molecule has 0 spiro atoms. The van der Waals surface area contributed by atoms with E-state index in [4.69, 9.17) is 169 Å². The Morgan fingerprint density at radius 1 is 0.554 bits per heavy atom. The van der Waals surface area contributed by atoms with Gasteiger partial charge in [0.25, 0.3) is 0 Å². The molecule has 0 aliphatic carbocycles. The zero-order valence-electron chi connectivity index (χ0n) is 51.9. The Balaban J connectivity index is -0.000000215. The summed E-state index contributed by atoms with van der Waals surface area (Å²) in [5.41, 5.74) is -5.67. The van der Waals surface area contributed by atoms with Gasteiger partial charge in [-0.25, -0.2) is 4.57 Å².